The average Bonchev–Trinajstić information content (AvgIpc) is 2.45. The van der Waals surface area contributed by atoms with Crippen molar-refractivity contribution in [2.75, 3.05) is 0 Å². The van der Waals surface area contributed by atoms with Gasteiger partial charge in [-0.2, -0.15) is 0 Å². The van der Waals surface area contributed by atoms with E-state index in [0.717, 1.165) is 16.2 Å². The van der Waals surface area contributed by atoms with Crippen LogP contribution in [0.25, 0.3) is 0 Å². The summed E-state index contributed by atoms with van der Waals surface area (Å²) in [4.78, 5) is 22.6. The molecule has 20 heavy (non-hydrogen) atoms. The van der Waals surface area contributed by atoms with Crippen LogP contribution in [0.1, 0.15) is 22.8 Å². The molecular formula is C15H13NO3S. The Bertz CT molecular complexity index is 641. The second kappa shape index (κ2) is 6.34. The Labute approximate surface area is 121 Å². The minimum atomic E-state index is -0.511. The van der Waals surface area contributed by atoms with Crippen molar-refractivity contribution in [1.29, 1.82) is 0 Å². The standard InChI is InChI=1S/C15H13NO3S/c1-11(17)14-8-7-13(9-15(14)16(18)19)20-10-12-5-3-2-4-6-12/h2-9H,10H2,1H3. The van der Waals surface area contributed by atoms with Crippen LogP contribution in [0.15, 0.2) is 53.4 Å². The van der Waals surface area contributed by atoms with E-state index in [9.17, 15) is 14.9 Å². The lowest BCUT2D eigenvalue weighted by molar-refractivity contribution is -0.385. The zero-order chi connectivity index (χ0) is 14.5. The molecule has 0 saturated carbocycles. The van der Waals surface area contributed by atoms with E-state index in [2.05, 4.69) is 0 Å². The lowest BCUT2D eigenvalue weighted by Gasteiger charge is -2.04. The van der Waals surface area contributed by atoms with Crippen molar-refractivity contribution < 1.29 is 9.72 Å². The Balaban J connectivity index is 2.19. The first-order valence-corrected chi connectivity index (χ1v) is 7.02. The summed E-state index contributed by atoms with van der Waals surface area (Å²) in [5, 5.41) is 11.0. The number of ketones is 1. The van der Waals surface area contributed by atoms with Gasteiger partial charge in [0.1, 0.15) is 0 Å². The van der Waals surface area contributed by atoms with Crippen molar-refractivity contribution in [2.45, 2.75) is 17.6 Å². The first kappa shape index (κ1) is 14.3. The molecule has 102 valence electrons. The molecule has 2 aromatic rings. The maximum absolute atomic E-state index is 11.4. The van der Waals surface area contributed by atoms with Crippen LogP contribution in [0.2, 0.25) is 0 Å². The molecule has 2 aromatic carbocycles. The third-order valence-corrected chi connectivity index (χ3v) is 3.86. The number of Topliss-reactive ketones (excluding diaryl/α,β-unsaturated/α-hetero) is 1. The minimum Gasteiger partial charge on any atom is -0.294 e. The normalized spacial score (nSPS) is 10.2. The summed E-state index contributed by atoms with van der Waals surface area (Å²) in [5.41, 5.74) is 1.17. The molecule has 2 rings (SSSR count). The molecule has 4 nitrogen and oxygen atoms in total. The number of hydrogen-bond acceptors (Lipinski definition) is 4. The van der Waals surface area contributed by atoms with Gasteiger partial charge < -0.3 is 0 Å². The van der Waals surface area contributed by atoms with Gasteiger partial charge >= 0.3 is 0 Å². The van der Waals surface area contributed by atoms with E-state index in [1.54, 1.807) is 6.07 Å². The molecule has 0 amide bonds. The molecule has 0 bridgehead atoms. The number of thioether (sulfide) groups is 1. The van der Waals surface area contributed by atoms with Crippen LogP contribution >= 0.6 is 11.8 Å². The second-order valence-corrected chi connectivity index (χ2v) is 5.32. The quantitative estimate of drug-likeness (QED) is 0.359. The second-order valence-electron chi connectivity index (χ2n) is 4.27. The van der Waals surface area contributed by atoms with Gasteiger partial charge in [0, 0.05) is 16.7 Å². The van der Waals surface area contributed by atoms with Gasteiger partial charge in [0.15, 0.2) is 5.78 Å². The molecule has 0 atom stereocenters. The van der Waals surface area contributed by atoms with Crippen LogP contribution in [0.3, 0.4) is 0 Å². The molecule has 0 N–H and O–H groups in total. The Kier molecular flexibility index (Phi) is 4.53. The number of nitro benzene ring substituents is 1. The van der Waals surface area contributed by atoms with Crippen LogP contribution in [0, 0.1) is 10.1 Å². The number of benzene rings is 2. The SMILES string of the molecule is CC(=O)c1ccc(SCc2ccccc2)cc1[N+](=O)[O-]. The topological polar surface area (TPSA) is 60.2 Å². The van der Waals surface area contributed by atoms with Crippen LogP contribution in [-0.2, 0) is 5.75 Å². The van der Waals surface area contributed by atoms with Gasteiger partial charge in [0.25, 0.3) is 5.69 Å². The van der Waals surface area contributed by atoms with Gasteiger partial charge in [-0.05, 0) is 24.6 Å². The number of carbonyl (C=O) groups is 1. The maximum Gasteiger partial charge on any atom is 0.281 e. The molecule has 0 radical (unpaired) electrons. The summed E-state index contributed by atoms with van der Waals surface area (Å²) < 4.78 is 0. The fourth-order valence-corrected chi connectivity index (χ4v) is 2.68. The Morgan fingerprint density at radius 1 is 1.20 bits per heavy atom. The monoisotopic (exact) mass is 287 g/mol. The Morgan fingerprint density at radius 2 is 1.90 bits per heavy atom. The zero-order valence-corrected chi connectivity index (χ0v) is 11.7. The molecule has 0 unspecified atom stereocenters. The summed E-state index contributed by atoms with van der Waals surface area (Å²) in [7, 11) is 0. The predicted molar refractivity (Wildman–Crippen MR) is 79.1 cm³/mol. The third kappa shape index (κ3) is 3.45. The van der Waals surface area contributed by atoms with E-state index < -0.39 is 4.92 Å². The molecule has 0 aliphatic rings. The first-order chi connectivity index (χ1) is 9.58. The highest BCUT2D eigenvalue weighted by Gasteiger charge is 2.17. The van der Waals surface area contributed by atoms with E-state index >= 15 is 0 Å². The van der Waals surface area contributed by atoms with Gasteiger partial charge in [-0.25, -0.2) is 0 Å². The Hall–Kier alpha value is -2.14. The number of carbonyl (C=O) groups excluding carboxylic acids is 1. The summed E-state index contributed by atoms with van der Waals surface area (Å²) in [5.74, 6) is 0.438. The van der Waals surface area contributed by atoms with E-state index in [0.29, 0.717) is 0 Å². The number of rotatable bonds is 5. The highest BCUT2D eigenvalue weighted by atomic mass is 32.2. The highest BCUT2D eigenvalue weighted by Crippen LogP contribution is 2.29. The zero-order valence-electron chi connectivity index (χ0n) is 10.9. The number of nitrogens with zero attached hydrogens (tertiary/aromatic N) is 1. The van der Waals surface area contributed by atoms with Crippen LogP contribution < -0.4 is 0 Å². The van der Waals surface area contributed by atoms with Crippen LogP contribution in [0.5, 0.6) is 0 Å². The van der Waals surface area contributed by atoms with Gasteiger partial charge in [0.2, 0.25) is 0 Å². The minimum absolute atomic E-state index is 0.129. The molecule has 0 saturated heterocycles. The number of nitro groups is 1. The molecule has 0 aliphatic heterocycles. The van der Waals surface area contributed by atoms with Gasteiger partial charge in [-0.15, -0.1) is 11.8 Å². The molecule has 0 fully saturated rings. The van der Waals surface area contributed by atoms with Crippen molar-refractivity contribution >= 4 is 23.2 Å². The summed E-state index contributed by atoms with van der Waals surface area (Å²) in [6.45, 7) is 1.33. The molecule has 0 spiro atoms. The summed E-state index contributed by atoms with van der Waals surface area (Å²) >= 11 is 1.51. The fraction of sp³-hybridized carbons (Fsp3) is 0.133. The maximum atomic E-state index is 11.4. The van der Waals surface area contributed by atoms with Crippen molar-refractivity contribution in [3.8, 4) is 0 Å². The largest absolute Gasteiger partial charge is 0.294 e. The Morgan fingerprint density at radius 3 is 2.50 bits per heavy atom. The van der Waals surface area contributed by atoms with Gasteiger partial charge in [-0.3, -0.25) is 14.9 Å². The predicted octanol–water partition coefficient (Wildman–Crippen LogP) is 4.09. The van der Waals surface area contributed by atoms with E-state index in [1.165, 1.54) is 30.8 Å². The van der Waals surface area contributed by atoms with Gasteiger partial charge in [-0.1, -0.05) is 30.3 Å². The van der Waals surface area contributed by atoms with Crippen LogP contribution in [-0.4, -0.2) is 10.7 Å². The summed E-state index contributed by atoms with van der Waals surface area (Å²) in [6, 6.07) is 14.6. The van der Waals surface area contributed by atoms with Crippen molar-refractivity contribution in [3.63, 3.8) is 0 Å². The molecule has 0 aromatic heterocycles. The van der Waals surface area contributed by atoms with E-state index in [1.807, 2.05) is 30.3 Å². The smallest absolute Gasteiger partial charge is 0.281 e. The van der Waals surface area contributed by atoms with E-state index in [-0.39, 0.29) is 17.0 Å². The van der Waals surface area contributed by atoms with E-state index in [4.69, 9.17) is 0 Å². The lowest BCUT2D eigenvalue weighted by Crippen LogP contribution is -2.00. The average molecular weight is 287 g/mol. The first-order valence-electron chi connectivity index (χ1n) is 6.04. The molecule has 0 aliphatic carbocycles. The lowest BCUT2D eigenvalue weighted by atomic mass is 10.1. The molecular weight excluding hydrogens is 274 g/mol. The van der Waals surface area contributed by atoms with Crippen molar-refractivity contribution in [2.24, 2.45) is 0 Å². The van der Waals surface area contributed by atoms with Crippen molar-refractivity contribution in [3.05, 3.63) is 69.8 Å². The highest BCUT2D eigenvalue weighted by molar-refractivity contribution is 7.98. The fourth-order valence-electron chi connectivity index (χ4n) is 1.79. The van der Waals surface area contributed by atoms with Crippen LogP contribution in [0.4, 0.5) is 5.69 Å². The number of hydrogen-bond donors (Lipinski definition) is 0. The summed E-state index contributed by atoms with van der Waals surface area (Å²) in [6.07, 6.45) is 0. The molecule has 0 heterocycles. The van der Waals surface area contributed by atoms with Gasteiger partial charge in [0.05, 0.1) is 10.5 Å². The van der Waals surface area contributed by atoms with Crippen molar-refractivity contribution in [1.82, 2.24) is 0 Å². The third-order valence-electron chi connectivity index (χ3n) is 2.79. The molecule has 5 heteroatoms.